The van der Waals surface area contributed by atoms with Gasteiger partial charge in [-0.25, -0.2) is 8.78 Å². The van der Waals surface area contributed by atoms with Crippen LogP contribution in [0.2, 0.25) is 0 Å². The number of nitrogens with one attached hydrogen (secondary N) is 2. The van der Waals surface area contributed by atoms with Crippen molar-refractivity contribution >= 4 is 5.91 Å². The highest BCUT2D eigenvalue weighted by atomic mass is 19.3. The molecule has 3 N–H and O–H groups in total. The van der Waals surface area contributed by atoms with Crippen molar-refractivity contribution in [3.8, 4) is 0 Å². The molecule has 0 spiro atoms. The third-order valence-corrected chi connectivity index (χ3v) is 1.79. The molecule has 1 atom stereocenters. The molecule has 96 valence electrons. The molecule has 1 unspecified atom stereocenters. The molecule has 0 radical (unpaired) electrons. The summed E-state index contributed by atoms with van der Waals surface area (Å²) in [5, 5.41) is 13.4. The lowest BCUT2D eigenvalue weighted by Gasteiger charge is -2.24. The smallest absolute Gasteiger partial charge is 0.282 e. The SMILES string of the molecule is CC(NCC(F)(F)CO)C(=O)NC(C)(C)C. The van der Waals surface area contributed by atoms with Gasteiger partial charge >= 0.3 is 0 Å². The zero-order valence-electron chi connectivity index (χ0n) is 10.1. The molecular formula is C10H20F2N2O2. The average molecular weight is 238 g/mol. The molecule has 0 aromatic rings. The summed E-state index contributed by atoms with van der Waals surface area (Å²) in [4.78, 5) is 11.5. The van der Waals surface area contributed by atoms with Gasteiger partial charge < -0.3 is 15.7 Å². The molecule has 1 amide bonds. The second-order valence-corrected chi connectivity index (χ2v) is 4.86. The number of rotatable bonds is 5. The van der Waals surface area contributed by atoms with Crippen LogP contribution in [-0.4, -0.2) is 41.7 Å². The van der Waals surface area contributed by atoms with Crippen molar-refractivity contribution < 1.29 is 18.7 Å². The highest BCUT2D eigenvalue weighted by molar-refractivity contribution is 5.81. The van der Waals surface area contributed by atoms with E-state index in [2.05, 4.69) is 10.6 Å². The van der Waals surface area contributed by atoms with Crippen LogP contribution >= 0.6 is 0 Å². The summed E-state index contributed by atoms with van der Waals surface area (Å²) >= 11 is 0. The zero-order chi connectivity index (χ0) is 13.0. The number of carbonyl (C=O) groups excluding carboxylic acids is 1. The number of hydrogen-bond acceptors (Lipinski definition) is 3. The van der Waals surface area contributed by atoms with Gasteiger partial charge in [-0.3, -0.25) is 4.79 Å². The van der Waals surface area contributed by atoms with E-state index in [0.29, 0.717) is 0 Å². The standard InChI is InChI=1S/C10H20F2N2O2/c1-7(8(16)14-9(2,3)4)13-5-10(11,12)6-15/h7,13,15H,5-6H2,1-4H3,(H,14,16). The molecular weight excluding hydrogens is 218 g/mol. The van der Waals surface area contributed by atoms with E-state index in [1.807, 2.05) is 0 Å². The summed E-state index contributed by atoms with van der Waals surface area (Å²) in [5.74, 6) is -3.54. The third-order valence-electron chi connectivity index (χ3n) is 1.79. The van der Waals surface area contributed by atoms with Crippen molar-refractivity contribution in [1.29, 1.82) is 0 Å². The Morgan fingerprint density at radius 1 is 1.38 bits per heavy atom. The molecule has 0 saturated heterocycles. The first-order chi connectivity index (χ1) is 7.07. The molecule has 0 aliphatic rings. The second-order valence-electron chi connectivity index (χ2n) is 4.86. The van der Waals surface area contributed by atoms with E-state index in [-0.39, 0.29) is 5.91 Å². The molecule has 0 aliphatic carbocycles. The van der Waals surface area contributed by atoms with Gasteiger partial charge in [0.1, 0.15) is 6.61 Å². The monoisotopic (exact) mass is 238 g/mol. The first-order valence-electron chi connectivity index (χ1n) is 5.11. The predicted molar refractivity (Wildman–Crippen MR) is 57.4 cm³/mol. The summed E-state index contributed by atoms with van der Waals surface area (Å²) in [6.07, 6.45) is 0. The van der Waals surface area contributed by atoms with Crippen LogP contribution in [0.25, 0.3) is 0 Å². The van der Waals surface area contributed by atoms with Crippen molar-refractivity contribution in [2.45, 2.75) is 45.2 Å². The summed E-state index contributed by atoms with van der Waals surface area (Å²) in [6, 6.07) is -0.725. The van der Waals surface area contributed by atoms with Gasteiger partial charge in [0.2, 0.25) is 5.91 Å². The zero-order valence-corrected chi connectivity index (χ0v) is 10.1. The van der Waals surface area contributed by atoms with Crippen LogP contribution in [0.4, 0.5) is 8.78 Å². The van der Waals surface area contributed by atoms with Gasteiger partial charge in [0.15, 0.2) is 0 Å². The Morgan fingerprint density at radius 3 is 2.25 bits per heavy atom. The molecule has 0 rings (SSSR count). The molecule has 0 heterocycles. The van der Waals surface area contributed by atoms with Crippen LogP contribution in [0, 0.1) is 0 Å². The summed E-state index contributed by atoms with van der Waals surface area (Å²) in [7, 11) is 0. The van der Waals surface area contributed by atoms with Crippen LogP contribution in [0.3, 0.4) is 0 Å². The van der Waals surface area contributed by atoms with Crippen LogP contribution in [0.1, 0.15) is 27.7 Å². The van der Waals surface area contributed by atoms with Crippen LogP contribution in [-0.2, 0) is 4.79 Å². The summed E-state index contributed by atoms with van der Waals surface area (Å²) in [6.45, 7) is 4.96. The number of alkyl halides is 2. The Bertz CT molecular complexity index is 239. The van der Waals surface area contributed by atoms with E-state index in [1.54, 1.807) is 20.8 Å². The Kier molecular flexibility index (Phi) is 5.28. The number of hydrogen-bond donors (Lipinski definition) is 3. The van der Waals surface area contributed by atoms with E-state index in [1.165, 1.54) is 6.92 Å². The van der Waals surface area contributed by atoms with Gasteiger partial charge in [-0.2, -0.15) is 0 Å². The van der Waals surface area contributed by atoms with Gasteiger partial charge in [0.05, 0.1) is 12.6 Å². The number of amides is 1. The third kappa shape index (κ3) is 6.68. The molecule has 0 saturated carbocycles. The Balaban J connectivity index is 4.08. The van der Waals surface area contributed by atoms with E-state index in [9.17, 15) is 13.6 Å². The maximum atomic E-state index is 12.7. The topological polar surface area (TPSA) is 61.4 Å². The van der Waals surface area contributed by atoms with E-state index < -0.39 is 30.7 Å². The van der Waals surface area contributed by atoms with Crippen LogP contribution < -0.4 is 10.6 Å². The molecule has 6 heteroatoms. The normalized spacial score (nSPS) is 14.7. The largest absolute Gasteiger partial charge is 0.390 e. The highest BCUT2D eigenvalue weighted by Gasteiger charge is 2.29. The van der Waals surface area contributed by atoms with Crippen molar-refractivity contribution in [3.63, 3.8) is 0 Å². The maximum Gasteiger partial charge on any atom is 0.282 e. The van der Waals surface area contributed by atoms with Gasteiger partial charge in [0, 0.05) is 5.54 Å². The lowest BCUT2D eigenvalue weighted by atomic mass is 10.1. The fraction of sp³-hybridized carbons (Fsp3) is 0.900. The van der Waals surface area contributed by atoms with E-state index in [0.717, 1.165) is 0 Å². The summed E-state index contributed by atoms with van der Waals surface area (Å²) in [5.41, 5.74) is -0.396. The van der Waals surface area contributed by atoms with E-state index >= 15 is 0 Å². The molecule has 16 heavy (non-hydrogen) atoms. The van der Waals surface area contributed by atoms with Crippen molar-refractivity contribution in [2.75, 3.05) is 13.2 Å². The van der Waals surface area contributed by atoms with Crippen molar-refractivity contribution in [2.24, 2.45) is 0 Å². The molecule has 0 fully saturated rings. The first kappa shape index (κ1) is 15.2. The van der Waals surface area contributed by atoms with Crippen LogP contribution in [0.15, 0.2) is 0 Å². The number of halogens is 2. The maximum absolute atomic E-state index is 12.7. The molecule has 0 aromatic heterocycles. The second kappa shape index (κ2) is 5.54. The van der Waals surface area contributed by atoms with Crippen molar-refractivity contribution in [1.82, 2.24) is 10.6 Å². The predicted octanol–water partition coefficient (Wildman–Crippen LogP) is 0.507. The Labute approximate surface area is 94.4 Å². The van der Waals surface area contributed by atoms with Crippen molar-refractivity contribution in [3.05, 3.63) is 0 Å². The van der Waals surface area contributed by atoms with Gasteiger partial charge in [-0.05, 0) is 27.7 Å². The van der Waals surface area contributed by atoms with Crippen LogP contribution in [0.5, 0.6) is 0 Å². The minimum atomic E-state index is -3.20. The molecule has 0 bridgehead atoms. The minimum Gasteiger partial charge on any atom is -0.390 e. The lowest BCUT2D eigenvalue weighted by Crippen LogP contribution is -2.51. The minimum absolute atomic E-state index is 0.346. The molecule has 0 aromatic carbocycles. The fourth-order valence-corrected chi connectivity index (χ4v) is 0.929. The summed E-state index contributed by atoms with van der Waals surface area (Å²) < 4.78 is 25.3. The lowest BCUT2D eigenvalue weighted by molar-refractivity contribution is -0.124. The van der Waals surface area contributed by atoms with Gasteiger partial charge in [-0.1, -0.05) is 0 Å². The Morgan fingerprint density at radius 2 is 1.88 bits per heavy atom. The quantitative estimate of drug-likeness (QED) is 0.654. The van der Waals surface area contributed by atoms with E-state index in [4.69, 9.17) is 5.11 Å². The first-order valence-corrected chi connectivity index (χ1v) is 5.11. The Hall–Kier alpha value is -0.750. The fourth-order valence-electron chi connectivity index (χ4n) is 0.929. The van der Waals surface area contributed by atoms with Gasteiger partial charge in [-0.15, -0.1) is 0 Å². The van der Waals surface area contributed by atoms with Gasteiger partial charge in [0.25, 0.3) is 5.92 Å². The number of aliphatic hydroxyl groups is 1. The number of aliphatic hydroxyl groups excluding tert-OH is 1. The number of carbonyl (C=O) groups is 1. The average Bonchev–Trinajstić information content (AvgIpc) is 2.11. The highest BCUT2D eigenvalue weighted by Crippen LogP contribution is 2.10. The molecule has 4 nitrogen and oxygen atoms in total. The molecule has 0 aliphatic heterocycles.